The first-order valence-electron chi connectivity index (χ1n) is 11.2. The minimum atomic E-state index is -0.676. The third-order valence-electron chi connectivity index (χ3n) is 4.57. The van der Waals surface area contributed by atoms with E-state index in [0.717, 1.165) is 16.7 Å². The molecule has 1 atom stereocenters. The van der Waals surface area contributed by atoms with Crippen molar-refractivity contribution in [2.45, 2.75) is 65.6 Å². The van der Waals surface area contributed by atoms with Crippen LogP contribution in [-0.2, 0) is 30.3 Å². The maximum atomic E-state index is 12.9. The highest BCUT2D eigenvalue weighted by Gasteiger charge is 2.27. The highest BCUT2D eigenvalue weighted by Crippen LogP contribution is 2.22. The maximum absolute atomic E-state index is 12.9. The molecule has 6 heteroatoms. The third kappa shape index (κ3) is 9.89. The Morgan fingerprint density at radius 2 is 1.27 bits per heavy atom. The second-order valence-electron chi connectivity index (χ2n) is 10.1. The molecule has 6 nitrogen and oxygen atoms in total. The normalized spacial score (nSPS) is 12.5. The van der Waals surface area contributed by atoms with Crippen molar-refractivity contribution in [2.75, 3.05) is 6.54 Å². The monoisotopic (exact) mass is 453 g/mol. The first-order chi connectivity index (χ1) is 15.3. The Bertz CT molecular complexity index is 937. The van der Waals surface area contributed by atoms with Crippen molar-refractivity contribution in [1.29, 1.82) is 0 Å². The van der Waals surface area contributed by atoms with Crippen LogP contribution in [0.2, 0.25) is 0 Å². The van der Waals surface area contributed by atoms with Crippen LogP contribution in [0.1, 0.15) is 53.5 Å². The van der Waals surface area contributed by atoms with Crippen molar-refractivity contribution in [3.05, 3.63) is 60.2 Å². The lowest BCUT2D eigenvalue weighted by atomic mass is 9.93. The van der Waals surface area contributed by atoms with Crippen molar-refractivity contribution in [3.8, 4) is 11.1 Å². The lowest BCUT2D eigenvalue weighted by Crippen LogP contribution is -2.39. The van der Waals surface area contributed by atoms with E-state index in [1.807, 2.05) is 54.6 Å². The fraction of sp³-hybridized carbons (Fsp3) is 0.444. The molecule has 1 amide bonds. The molecule has 178 valence electrons. The summed E-state index contributed by atoms with van der Waals surface area (Å²) in [5.74, 6) is -2.05. The van der Waals surface area contributed by atoms with Gasteiger partial charge in [0, 0.05) is 0 Å². The summed E-state index contributed by atoms with van der Waals surface area (Å²) in [6.07, 6.45) is 0.256. The van der Waals surface area contributed by atoms with Gasteiger partial charge >= 0.3 is 11.9 Å². The van der Waals surface area contributed by atoms with Crippen LogP contribution in [0.25, 0.3) is 11.1 Å². The molecule has 1 unspecified atom stereocenters. The van der Waals surface area contributed by atoms with Gasteiger partial charge in [0.1, 0.15) is 17.7 Å². The molecule has 2 aromatic carbocycles. The van der Waals surface area contributed by atoms with Gasteiger partial charge in [-0.1, -0.05) is 54.6 Å². The van der Waals surface area contributed by atoms with E-state index in [2.05, 4.69) is 5.32 Å². The lowest BCUT2D eigenvalue weighted by Gasteiger charge is -2.23. The van der Waals surface area contributed by atoms with Gasteiger partial charge < -0.3 is 14.8 Å². The Labute approximate surface area is 196 Å². The summed E-state index contributed by atoms with van der Waals surface area (Å²) < 4.78 is 10.7. The number of hydrogen-bond donors (Lipinski definition) is 1. The quantitative estimate of drug-likeness (QED) is 0.586. The van der Waals surface area contributed by atoms with Gasteiger partial charge in [0.2, 0.25) is 5.91 Å². The molecule has 0 fully saturated rings. The number of rotatable bonds is 8. The molecule has 0 spiro atoms. The number of ether oxygens (including phenoxy) is 2. The predicted octanol–water partition coefficient (Wildman–Crippen LogP) is 4.70. The van der Waals surface area contributed by atoms with Crippen LogP contribution < -0.4 is 5.32 Å². The molecule has 0 bridgehead atoms. The molecule has 0 saturated heterocycles. The molecular formula is C27H35NO5. The van der Waals surface area contributed by atoms with Gasteiger partial charge in [0.05, 0.1) is 12.3 Å². The predicted molar refractivity (Wildman–Crippen MR) is 128 cm³/mol. The van der Waals surface area contributed by atoms with E-state index in [-0.39, 0.29) is 18.9 Å². The van der Waals surface area contributed by atoms with Crippen molar-refractivity contribution >= 4 is 17.8 Å². The summed E-state index contributed by atoms with van der Waals surface area (Å²) >= 11 is 0. The maximum Gasteiger partial charge on any atom is 0.325 e. The number of carbonyl (C=O) groups is 3. The zero-order chi connectivity index (χ0) is 24.6. The second kappa shape index (κ2) is 11.1. The highest BCUT2D eigenvalue weighted by atomic mass is 16.6. The van der Waals surface area contributed by atoms with E-state index in [9.17, 15) is 14.4 Å². The summed E-state index contributed by atoms with van der Waals surface area (Å²) in [5, 5.41) is 2.61. The zero-order valence-corrected chi connectivity index (χ0v) is 20.4. The number of esters is 2. The van der Waals surface area contributed by atoms with Gasteiger partial charge in [-0.2, -0.15) is 0 Å². The van der Waals surface area contributed by atoms with Gasteiger partial charge in [0.15, 0.2) is 0 Å². The Morgan fingerprint density at radius 3 is 1.82 bits per heavy atom. The summed E-state index contributed by atoms with van der Waals surface area (Å²) in [4.78, 5) is 37.3. The number of hydrogen-bond acceptors (Lipinski definition) is 5. The summed E-state index contributed by atoms with van der Waals surface area (Å²) in [6.45, 7) is 10.4. The average Bonchev–Trinajstić information content (AvgIpc) is 2.70. The second-order valence-corrected chi connectivity index (χ2v) is 10.1. The first-order valence-corrected chi connectivity index (χ1v) is 11.2. The van der Waals surface area contributed by atoms with E-state index in [1.54, 1.807) is 41.5 Å². The number of benzene rings is 2. The van der Waals surface area contributed by atoms with Crippen LogP contribution in [0.3, 0.4) is 0 Å². The molecule has 2 aromatic rings. The SMILES string of the molecule is CC(C)(C)OC(=O)CNC(=O)C(CC(=O)OC(C)(C)C)Cc1ccc(-c2ccccc2)cc1. The van der Waals surface area contributed by atoms with Crippen LogP contribution >= 0.6 is 0 Å². The fourth-order valence-corrected chi connectivity index (χ4v) is 3.27. The Balaban J connectivity index is 2.10. The van der Waals surface area contributed by atoms with Crippen LogP contribution in [0, 0.1) is 5.92 Å². The molecule has 33 heavy (non-hydrogen) atoms. The summed E-state index contributed by atoms with van der Waals surface area (Å²) in [6, 6.07) is 17.9. The molecule has 0 heterocycles. The lowest BCUT2D eigenvalue weighted by molar-refractivity contribution is -0.157. The number of nitrogens with one attached hydrogen (secondary N) is 1. The molecule has 0 aromatic heterocycles. The van der Waals surface area contributed by atoms with Crippen LogP contribution in [0.4, 0.5) is 0 Å². The van der Waals surface area contributed by atoms with Gasteiger partial charge in [-0.25, -0.2) is 0 Å². The van der Waals surface area contributed by atoms with E-state index in [4.69, 9.17) is 9.47 Å². The molecule has 0 aliphatic carbocycles. The average molecular weight is 454 g/mol. The standard InChI is InChI=1S/C27H35NO5/c1-26(2,3)32-23(29)17-22(25(31)28-18-24(30)33-27(4,5)6)16-19-12-14-21(15-13-19)20-10-8-7-9-11-20/h7-15,22H,16-18H2,1-6H3,(H,28,31). The smallest absolute Gasteiger partial charge is 0.325 e. The Hall–Kier alpha value is -3.15. The largest absolute Gasteiger partial charge is 0.460 e. The van der Waals surface area contributed by atoms with Crippen molar-refractivity contribution in [2.24, 2.45) is 5.92 Å². The molecule has 0 aliphatic heterocycles. The van der Waals surface area contributed by atoms with E-state index < -0.39 is 29.1 Å². The topological polar surface area (TPSA) is 81.7 Å². The first kappa shape index (κ1) is 26.1. The third-order valence-corrected chi connectivity index (χ3v) is 4.57. The van der Waals surface area contributed by atoms with E-state index in [1.165, 1.54) is 0 Å². The zero-order valence-electron chi connectivity index (χ0n) is 20.4. The Morgan fingerprint density at radius 1 is 0.758 bits per heavy atom. The summed E-state index contributed by atoms with van der Waals surface area (Å²) in [5.41, 5.74) is 1.79. The van der Waals surface area contributed by atoms with E-state index in [0.29, 0.717) is 6.42 Å². The highest BCUT2D eigenvalue weighted by molar-refractivity contribution is 5.87. The van der Waals surface area contributed by atoms with Crippen LogP contribution in [0.15, 0.2) is 54.6 Å². The van der Waals surface area contributed by atoms with Gasteiger partial charge in [-0.3, -0.25) is 14.4 Å². The fourth-order valence-electron chi connectivity index (χ4n) is 3.27. The van der Waals surface area contributed by atoms with Crippen molar-refractivity contribution in [3.63, 3.8) is 0 Å². The van der Waals surface area contributed by atoms with Gasteiger partial charge in [-0.05, 0) is 64.7 Å². The molecule has 1 N–H and O–H groups in total. The molecule has 0 radical (unpaired) electrons. The van der Waals surface area contributed by atoms with Crippen molar-refractivity contribution in [1.82, 2.24) is 5.32 Å². The minimum absolute atomic E-state index is 0.0855. The van der Waals surface area contributed by atoms with E-state index >= 15 is 0 Å². The molecule has 2 rings (SSSR count). The molecular weight excluding hydrogens is 418 g/mol. The van der Waals surface area contributed by atoms with Gasteiger partial charge in [0.25, 0.3) is 0 Å². The Kier molecular flexibility index (Phi) is 8.80. The number of amides is 1. The minimum Gasteiger partial charge on any atom is -0.460 e. The molecule has 0 aliphatic rings. The van der Waals surface area contributed by atoms with Crippen molar-refractivity contribution < 1.29 is 23.9 Å². The van der Waals surface area contributed by atoms with Crippen LogP contribution in [-0.4, -0.2) is 35.6 Å². The van der Waals surface area contributed by atoms with Gasteiger partial charge in [-0.15, -0.1) is 0 Å². The molecule has 0 saturated carbocycles. The van der Waals surface area contributed by atoms with Crippen LogP contribution in [0.5, 0.6) is 0 Å². The summed E-state index contributed by atoms with van der Waals surface area (Å²) in [7, 11) is 0. The number of carbonyl (C=O) groups excluding carboxylic acids is 3.